The van der Waals surface area contributed by atoms with Crippen molar-refractivity contribution in [3.63, 3.8) is 0 Å². The fourth-order valence-corrected chi connectivity index (χ4v) is 8.53. The molecule has 0 saturated carbocycles. The Bertz CT molecular complexity index is 1070. The first-order valence-electron chi connectivity index (χ1n) is 16.5. The third-order valence-corrected chi connectivity index (χ3v) is 10.8. The van der Waals surface area contributed by atoms with E-state index in [1.807, 2.05) is 53.6 Å². The van der Waals surface area contributed by atoms with Crippen molar-refractivity contribution in [1.82, 2.24) is 9.80 Å². The van der Waals surface area contributed by atoms with Gasteiger partial charge in [-0.25, -0.2) is 4.79 Å². The van der Waals surface area contributed by atoms with E-state index in [-0.39, 0.29) is 48.0 Å². The molecule has 2 bridgehead atoms. The van der Waals surface area contributed by atoms with Crippen molar-refractivity contribution in [3.8, 4) is 0 Å². The summed E-state index contributed by atoms with van der Waals surface area (Å²) in [4.78, 5) is 35.7. The van der Waals surface area contributed by atoms with Gasteiger partial charge in [0.15, 0.2) is 11.9 Å². The van der Waals surface area contributed by atoms with Crippen LogP contribution in [0.1, 0.15) is 81.1 Å². The number of cyclic esters (lactones) is 1. The van der Waals surface area contributed by atoms with Gasteiger partial charge in [0.2, 0.25) is 0 Å². The molecule has 0 radical (unpaired) electrons. The summed E-state index contributed by atoms with van der Waals surface area (Å²) in [6.07, 6.45) is -1.12. The quantitative estimate of drug-likeness (QED) is 0.455. The minimum atomic E-state index is -1.02. The number of aliphatic hydroxyl groups is 1. The van der Waals surface area contributed by atoms with Gasteiger partial charge >= 0.3 is 12.1 Å². The zero-order valence-electron chi connectivity index (χ0n) is 28.7. The molecule has 0 aromatic heterocycles. The maximum Gasteiger partial charge on any atom is 0.410 e. The minimum absolute atomic E-state index is 0.0261. The zero-order valence-corrected chi connectivity index (χ0v) is 28.7. The Hall–Kier alpha value is -1.79. The molecule has 3 fully saturated rings. The lowest BCUT2D eigenvalue weighted by molar-refractivity contribution is -0.297. The number of nitrogens with zero attached hydrogens (tertiary/aromatic N) is 3. The Morgan fingerprint density at radius 2 is 1.77 bits per heavy atom. The summed E-state index contributed by atoms with van der Waals surface area (Å²) in [5, 5.41) is 11.4. The van der Waals surface area contributed by atoms with Crippen molar-refractivity contribution in [3.05, 3.63) is 0 Å². The summed E-state index contributed by atoms with van der Waals surface area (Å²) in [6, 6.07) is -0.468. The molecule has 0 aromatic rings. The van der Waals surface area contributed by atoms with Gasteiger partial charge in [0.25, 0.3) is 0 Å². The number of carbonyl (C=O) groups is 2. The summed E-state index contributed by atoms with van der Waals surface area (Å²) in [5.41, 5.74) is -0.861. The molecule has 13 atom stereocenters. The molecule has 0 aromatic carbocycles. The predicted molar refractivity (Wildman–Crippen MR) is 166 cm³/mol. The van der Waals surface area contributed by atoms with Gasteiger partial charge in [0, 0.05) is 31.3 Å². The summed E-state index contributed by atoms with van der Waals surface area (Å²) in [6.45, 7) is 17.0. The number of aliphatic hydroxyl groups excluding tert-OH is 1. The molecule has 4 rings (SSSR count). The molecule has 1 amide bonds. The number of ether oxygens (including phenoxy) is 5. The highest BCUT2D eigenvalue weighted by atomic mass is 16.7. The highest BCUT2D eigenvalue weighted by Gasteiger charge is 2.60. The second kappa shape index (κ2) is 13.5. The third kappa shape index (κ3) is 6.54. The van der Waals surface area contributed by atoms with E-state index in [1.54, 1.807) is 12.0 Å². The maximum atomic E-state index is 13.7. The Morgan fingerprint density at radius 1 is 1.09 bits per heavy atom. The molecule has 11 nitrogen and oxygen atoms in total. The van der Waals surface area contributed by atoms with Crippen LogP contribution in [-0.4, -0.2) is 121 Å². The van der Waals surface area contributed by atoms with E-state index in [0.29, 0.717) is 38.8 Å². The Labute approximate surface area is 263 Å². The van der Waals surface area contributed by atoms with E-state index in [0.717, 1.165) is 5.71 Å². The van der Waals surface area contributed by atoms with Crippen molar-refractivity contribution in [2.24, 2.45) is 28.7 Å². The number of esters is 1. The molecular formula is C33H57N3O8. The normalized spacial score (nSPS) is 45.7. The molecule has 0 unspecified atom stereocenters. The lowest BCUT2D eigenvalue weighted by Gasteiger charge is -2.47. The van der Waals surface area contributed by atoms with Gasteiger partial charge in [-0.1, -0.05) is 34.6 Å². The molecule has 3 saturated heterocycles. The van der Waals surface area contributed by atoms with Crippen LogP contribution in [0.15, 0.2) is 4.99 Å². The molecule has 1 N–H and O–H groups in total. The van der Waals surface area contributed by atoms with Crippen molar-refractivity contribution in [1.29, 1.82) is 0 Å². The van der Waals surface area contributed by atoms with Crippen LogP contribution in [0.4, 0.5) is 4.79 Å². The van der Waals surface area contributed by atoms with Crippen molar-refractivity contribution in [2.45, 2.75) is 135 Å². The van der Waals surface area contributed by atoms with Gasteiger partial charge in [-0.15, -0.1) is 0 Å². The molecule has 0 aliphatic carbocycles. The summed E-state index contributed by atoms with van der Waals surface area (Å²) in [7, 11) is 5.59. The van der Waals surface area contributed by atoms with Crippen LogP contribution in [0.3, 0.4) is 0 Å². The van der Waals surface area contributed by atoms with Crippen molar-refractivity contribution >= 4 is 17.8 Å². The number of hydrogen-bond donors (Lipinski definition) is 1. The van der Waals surface area contributed by atoms with E-state index >= 15 is 0 Å². The monoisotopic (exact) mass is 623 g/mol. The Kier molecular flexibility index (Phi) is 10.8. The number of fused-ring (bicyclic) bond motifs is 1. The summed E-state index contributed by atoms with van der Waals surface area (Å²) in [5.74, 6) is -1.15. The first-order chi connectivity index (χ1) is 20.6. The van der Waals surface area contributed by atoms with E-state index in [2.05, 4.69) is 20.8 Å². The molecule has 252 valence electrons. The smallest absolute Gasteiger partial charge is 0.410 e. The number of aliphatic imine (C=N–C) groups is 1. The second-order valence-corrected chi connectivity index (χ2v) is 14.5. The molecule has 4 aliphatic rings. The average Bonchev–Trinajstić information content (AvgIpc) is 3.08. The van der Waals surface area contributed by atoms with Crippen LogP contribution < -0.4 is 0 Å². The van der Waals surface area contributed by atoms with Gasteiger partial charge in [0.05, 0.1) is 36.3 Å². The van der Waals surface area contributed by atoms with E-state index in [9.17, 15) is 14.7 Å². The van der Waals surface area contributed by atoms with Gasteiger partial charge in [-0.3, -0.25) is 14.7 Å². The van der Waals surface area contributed by atoms with Crippen LogP contribution >= 0.6 is 0 Å². The highest BCUT2D eigenvalue weighted by Crippen LogP contribution is 2.44. The number of methoxy groups -OCH3 is 1. The van der Waals surface area contributed by atoms with Gasteiger partial charge < -0.3 is 33.7 Å². The highest BCUT2D eigenvalue weighted by molar-refractivity contribution is 5.91. The number of hydrogen-bond acceptors (Lipinski definition) is 10. The minimum Gasteiger partial charge on any atom is -0.458 e. The number of carbonyl (C=O) groups excluding carboxylic acids is 2. The third-order valence-electron chi connectivity index (χ3n) is 10.8. The molecular weight excluding hydrogens is 566 g/mol. The van der Waals surface area contributed by atoms with Crippen molar-refractivity contribution < 1.29 is 38.4 Å². The number of amides is 1. The molecule has 44 heavy (non-hydrogen) atoms. The predicted octanol–water partition coefficient (Wildman–Crippen LogP) is 3.90. The SMILES string of the molecule is CC[C@H]1OC(=O)[C@H](C)C[C@H](C)[C@H](O[C@@H]2O[C@H](C)C[C@H](N(C)C)[C@H]2O)[C@](C)(OC)C[C@@H](C)C2=NCCN3C(=O)O[C@@]1(C)[C@H]3[C@H]2C. The topological polar surface area (TPSA) is 119 Å². The largest absolute Gasteiger partial charge is 0.458 e. The van der Waals surface area contributed by atoms with Crippen LogP contribution in [0.25, 0.3) is 0 Å². The molecule has 4 aliphatic heterocycles. The fraction of sp³-hybridized carbons (Fsp3) is 0.909. The zero-order chi connectivity index (χ0) is 32.7. The number of likely N-dealkylation sites (N-methyl/N-ethyl adjacent to an activating group) is 1. The van der Waals surface area contributed by atoms with Crippen LogP contribution in [0.2, 0.25) is 0 Å². The van der Waals surface area contributed by atoms with Gasteiger partial charge in [0.1, 0.15) is 12.2 Å². The molecule has 11 heteroatoms. The maximum absolute atomic E-state index is 13.7. The standard InChI is InChI=1S/C33H57N3O8/c1-12-24-33(8)27-22(6)25(34-13-14-36(27)31(39)44-33)20(4)17-32(7,40-11)28(18(2)15-19(3)29(38)42-24)43-30-26(37)23(35(9)10)16-21(5)41-30/h18-24,26-28,30,37H,12-17H2,1-11H3/t18-,19+,20+,21+,22-,23-,24+,26+,27+,28-,30-,32+,33+/m0/s1. The average molecular weight is 624 g/mol. The summed E-state index contributed by atoms with van der Waals surface area (Å²) >= 11 is 0. The Balaban J connectivity index is 1.76. The van der Waals surface area contributed by atoms with E-state index in [1.165, 1.54) is 0 Å². The van der Waals surface area contributed by atoms with Crippen LogP contribution in [0, 0.1) is 23.7 Å². The lowest BCUT2D eigenvalue weighted by atomic mass is 9.73. The Morgan fingerprint density at radius 3 is 2.39 bits per heavy atom. The lowest BCUT2D eigenvalue weighted by Crippen LogP contribution is -2.59. The van der Waals surface area contributed by atoms with Crippen LogP contribution in [0.5, 0.6) is 0 Å². The van der Waals surface area contributed by atoms with E-state index in [4.69, 9.17) is 28.7 Å². The van der Waals surface area contributed by atoms with E-state index < -0.39 is 41.7 Å². The van der Waals surface area contributed by atoms with Crippen molar-refractivity contribution in [2.75, 3.05) is 34.3 Å². The van der Waals surface area contributed by atoms with Gasteiger partial charge in [-0.2, -0.15) is 0 Å². The first kappa shape index (κ1) is 35.1. The number of rotatable bonds is 5. The first-order valence-corrected chi connectivity index (χ1v) is 16.5. The van der Waals surface area contributed by atoms with Gasteiger partial charge in [-0.05, 0) is 72.4 Å². The van der Waals surface area contributed by atoms with Crippen LogP contribution in [-0.2, 0) is 28.5 Å². The summed E-state index contributed by atoms with van der Waals surface area (Å²) < 4.78 is 31.6. The molecule has 0 spiro atoms. The fourth-order valence-electron chi connectivity index (χ4n) is 8.53. The second-order valence-electron chi connectivity index (χ2n) is 14.5. The molecule has 4 heterocycles.